The molecule has 0 unspecified atom stereocenters. The molecule has 2 aromatic heterocycles. The van der Waals surface area contributed by atoms with E-state index in [9.17, 15) is 4.79 Å². The standard InChI is InChI=1S/C24H26ClN7O2S/c1-15-6-7-19(18(25)13-15)28-24(35)30-23(29-22-26-16(2)14-17(3)27-22)32-10-8-31(9-11-32)21(33)20-5-4-12-34-20/h4-7,12-14H,8-11H2,1-3H3,(H2,26,27,28,29,30,35). The molecular formula is C24H26ClN7O2S. The fourth-order valence-electron chi connectivity index (χ4n) is 3.70. The van der Waals surface area contributed by atoms with Crippen molar-refractivity contribution < 1.29 is 9.21 Å². The predicted molar refractivity (Wildman–Crippen MR) is 141 cm³/mol. The molecule has 1 amide bonds. The van der Waals surface area contributed by atoms with Crippen LogP contribution in [0.3, 0.4) is 0 Å². The maximum atomic E-state index is 12.6. The van der Waals surface area contributed by atoms with Crippen molar-refractivity contribution in [2.75, 3.05) is 36.8 Å². The SMILES string of the molecule is Cc1ccc(NC(=S)/N=C(/Nc2nc(C)cc(C)n2)N2CCN(C(=O)c3ccco3)CC2)c(Cl)c1. The zero-order valence-electron chi connectivity index (χ0n) is 19.7. The van der Waals surface area contributed by atoms with Gasteiger partial charge in [0.15, 0.2) is 5.76 Å². The number of amides is 1. The summed E-state index contributed by atoms with van der Waals surface area (Å²) >= 11 is 11.9. The number of carbonyl (C=O) groups excluding carboxylic acids is 1. The lowest BCUT2D eigenvalue weighted by Crippen LogP contribution is -2.52. The van der Waals surface area contributed by atoms with Crippen molar-refractivity contribution in [1.29, 1.82) is 0 Å². The Hall–Kier alpha value is -3.50. The summed E-state index contributed by atoms with van der Waals surface area (Å²) in [6.45, 7) is 7.85. The minimum Gasteiger partial charge on any atom is -0.459 e. The second-order valence-electron chi connectivity index (χ2n) is 8.20. The number of aromatic nitrogens is 2. The van der Waals surface area contributed by atoms with Crippen LogP contribution in [-0.4, -0.2) is 62.9 Å². The van der Waals surface area contributed by atoms with E-state index < -0.39 is 0 Å². The Kier molecular flexibility index (Phi) is 7.62. The van der Waals surface area contributed by atoms with Crippen LogP contribution in [0.2, 0.25) is 5.02 Å². The Balaban J connectivity index is 1.53. The van der Waals surface area contributed by atoms with Crippen molar-refractivity contribution in [2.45, 2.75) is 20.8 Å². The van der Waals surface area contributed by atoms with Crippen molar-refractivity contribution >= 4 is 52.4 Å². The van der Waals surface area contributed by atoms with E-state index in [0.29, 0.717) is 54.6 Å². The Labute approximate surface area is 214 Å². The first kappa shape index (κ1) is 24.6. The number of piperazine rings is 1. The number of carbonyl (C=O) groups is 1. The van der Waals surface area contributed by atoms with Crippen molar-refractivity contribution in [2.24, 2.45) is 4.99 Å². The summed E-state index contributed by atoms with van der Waals surface area (Å²) in [5.41, 5.74) is 3.38. The topological polar surface area (TPSA) is 98.9 Å². The number of hydrogen-bond donors (Lipinski definition) is 2. The third-order valence-corrected chi connectivity index (χ3v) is 5.88. The molecule has 9 nitrogen and oxygen atoms in total. The average molecular weight is 512 g/mol. The minimum absolute atomic E-state index is 0.134. The molecule has 0 aliphatic carbocycles. The van der Waals surface area contributed by atoms with Gasteiger partial charge < -0.3 is 19.5 Å². The van der Waals surface area contributed by atoms with Gasteiger partial charge in [-0.2, -0.15) is 4.99 Å². The number of benzene rings is 1. The van der Waals surface area contributed by atoms with Crippen LogP contribution in [0.5, 0.6) is 0 Å². The highest BCUT2D eigenvalue weighted by atomic mass is 35.5. The van der Waals surface area contributed by atoms with Gasteiger partial charge in [-0.15, -0.1) is 0 Å². The summed E-state index contributed by atoms with van der Waals surface area (Å²) in [4.78, 5) is 30.0. The van der Waals surface area contributed by atoms with Crippen molar-refractivity contribution in [3.05, 3.63) is 70.4 Å². The number of aryl methyl sites for hydroxylation is 3. The summed E-state index contributed by atoms with van der Waals surface area (Å²) < 4.78 is 5.26. The lowest BCUT2D eigenvalue weighted by Gasteiger charge is -2.36. The van der Waals surface area contributed by atoms with E-state index in [1.807, 2.05) is 49.9 Å². The molecule has 1 saturated heterocycles. The van der Waals surface area contributed by atoms with Crippen LogP contribution >= 0.6 is 23.8 Å². The molecule has 2 N–H and O–H groups in total. The fraction of sp³-hybridized carbons (Fsp3) is 0.292. The van der Waals surface area contributed by atoms with Crippen LogP contribution in [0.15, 0.2) is 52.1 Å². The molecule has 1 fully saturated rings. The minimum atomic E-state index is -0.134. The smallest absolute Gasteiger partial charge is 0.289 e. The number of halogens is 1. The zero-order chi connectivity index (χ0) is 24.9. The highest BCUT2D eigenvalue weighted by Crippen LogP contribution is 2.23. The Bertz CT molecular complexity index is 1230. The second-order valence-corrected chi connectivity index (χ2v) is 9.00. The second kappa shape index (κ2) is 10.8. The fourth-order valence-corrected chi connectivity index (χ4v) is 4.18. The molecule has 0 saturated carbocycles. The highest BCUT2D eigenvalue weighted by Gasteiger charge is 2.26. The zero-order valence-corrected chi connectivity index (χ0v) is 21.3. The van der Waals surface area contributed by atoms with Crippen LogP contribution in [0.4, 0.5) is 11.6 Å². The highest BCUT2D eigenvalue weighted by molar-refractivity contribution is 7.80. The van der Waals surface area contributed by atoms with Gasteiger partial charge in [0.2, 0.25) is 17.0 Å². The number of aliphatic imine (C=N–C) groups is 1. The number of thiocarbonyl (C=S) groups is 1. The van der Waals surface area contributed by atoms with Gasteiger partial charge in [-0.3, -0.25) is 10.1 Å². The van der Waals surface area contributed by atoms with Gasteiger partial charge in [-0.1, -0.05) is 17.7 Å². The van der Waals surface area contributed by atoms with Crippen molar-refractivity contribution in [3.8, 4) is 0 Å². The number of furan rings is 1. The lowest BCUT2D eigenvalue weighted by molar-refractivity contribution is 0.0660. The number of guanidine groups is 1. The van der Waals surface area contributed by atoms with Crippen LogP contribution in [-0.2, 0) is 0 Å². The first-order chi connectivity index (χ1) is 16.8. The maximum Gasteiger partial charge on any atom is 0.289 e. The average Bonchev–Trinajstić information content (AvgIpc) is 3.34. The molecule has 0 spiro atoms. The molecule has 182 valence electrons. The molecule has 3 aromatic rings. The van der Waals surface area contributed by atoms with E-state index in [2.05, 4.69) is 25.6 Å². The van der Waals surface area contributed by atoms with Crippen LogP contribution in [0.1, 0.15) is 27.5 Å². The van der Waals surface area contributed by atoms with Gasteiger partial charge in [0, 0.05) is 37.6 Å². The molecule has 4 rings (SSSR count). The van der Waals surface area contributed by atoms with Gasteiger partial charge in [-0.25, -0.2) is 9.97 Å². The number of hydrogen-bond acceptors (Lipinski definition) is 5. The largest absolute Gasteiger partial charge is 0.459 e. The van der Waals surface area contributed by atoms with Crippen molar-refractivity contribution in [1.82, 2.24) is 19.8 Å². The molecule has 1 aliphatic heterocycles. The third-order valence-electron chi connectivity index (χ3n) is 5.38. The normalized spacial score (nSPS) is 14.1. The quantitative estimate of drug-likeness (QED) is 0.305. The molecule has 3 heterocycles. The van der Waals surface area contributed by atoms with Crippen LogP contribution < -0.4 is 10.6 Å². The van der Waals surface area contributed by atoms with E-state index >= 15 is 0 Å². The molecule has 0 bridgehead atoms. The van der Waals surface area contributed by atoms with Crippen molar-refractivity contribution in [3.63, 3.8) is 0 Å². The van der Waals surface area contributed by atoms with Gasteiger partial charge in [0.25, 0.3) is 5.91 Å². The summed E-state index contributed by atoms with van der Waals surface area (Å²) in [6, 6.07) is 10.9. The molecule has 11 heteroatoms. The molecule has 1 aromatic carbocycles. The van der Waals surface area contributed by atoms with E-state index in [0.717, 1.165) is 17.0 Å². The lowest BCUT2D eigenvalue weighted by atomic mass is 10.2. The summed E-state index contributed by atoms with van der Waals surface area (Å²) in [5.74, 6) is 1.10. The van der Waals surface area contributed by atoms with Gasteiger partial charge in [0.05, 0.1) is 17.0 Å². The molecule has 0 atom stereocenters. The first-order valence-electron chi connectivity index (χ1n) is 11.1. The first-order valence-corrected chi connectivity index (χ1v) is 11.9. The molecule has 0 radical (unpaired) electrons. The van der Waals surface area contributed by atoms with Crippen LogP contribution in [0, 0.1) is 20.8 Å². The summed E-state index contributed by atoms with van der Waals surface area (Å²) in [5, 5.41) is 7.09. The van der Waals surface area contributed by atoms with E-state index in [4.69, 9.17) is 28.2 Å². The third kappa shape index (κ3) is 6.34. The predicted octanol–water partition coefficient (Wildman–Crippen LogP) is 4.27. The summed E-state index contributed by atoms with van der Waals surface area (Å²) in [7, 11) is 0. The van der Waals surface area contributed by atoms with Crippen LogP contribution in [0.25, 0.3) is 0 Å². The number of anilines is 2. The van der Waals surface area contributed by atoms with E-state index in [1.54, 1.807) is 17.0 Å². The molecule has 1 aliphatic rings. The maximum absolute atomic E-state index is 12.6. The monoisotopic (exact) mass is 511 g/mol. The Morgan fingerprint density at radius 2 is 1.71 bits per heavy atom. The van der Waals surface area contributed by atoms with Gasteiger partial charge >= 0.3 is 0 Å². The Morgan fingerprint density at radius 3 is 2.34 bits per heavy atom. The summed E-state index contributed by atoms with van der Waals surface area (Å²) in [6.07, 6.45) is 1.50. The van der Waals surface area contributed by atoms with Gasteiger partial charge in [-0.05, 0) is 68.9 Å². The Morgan fingerprint density at radius 1 is 1.03 bits per heavy atom. The van der Waals surface area contributed by atoms with E-state index in [1.165, 1.54) is 6.26 Å². The van der Waals surface area contributed by atoms with E-state index in [-0.39, 0.29) is 11.0 Å². The number of rotatable bonds is 3. The number of nitrogens with zero attached hydrogens (tertiary/aromatic N) is 5. The number of nitrogens with one attached hydrogen (secondary N) is 2. The molecular weight excluding hydrogens is 486 g/mol. The molecule has 35 heavy (non-hydrogen) atoms. The van der Waals surface area contributed by atoms with Gasteiger partial charge in [0.1, 0.15) is 0 Å².